The van der Waals surface area contributed by atoms with Gasteiger partial charge in [-0.2, -0.15) is 0 Å². The Morgan fingerprint density at radius 2 is 1.67 bits per heavy atom. The largest absolute Gasteiger partial charge is 0.495 e. The number of hydrogen-bond donors (Lipinski definition) is 0. The number of fused-ring (bicyclic) bond motifs is 1. The summed E-state index contributed by atoms with van der Waals surface area (Å²) in [6.45, 7) is 2.58. The number of methoxy groups -OCH3 is 1. The Balaban J connectivity index is 1.33. The molecule has 1 fully saturated rings. The first kappa shape index (κ1) is 23.9. The molecule has 9 heteroatoms. The Hall–Kier alpha value is -3.85. The fourth-order valence-corrected chi connectivity index (χ4v) is 5.25. The lowest BCUT2D eigenvalue weighted by Gasteiger charge is -2.36. The molecule has 1 saturated heterocycles. The van der Waals surface area contributed by atoms with Gasteiger partial charge in [0.15, 0.2) is 5.16 Å². The Labute approximate surface area is 212 Å². The number of para-hydroxylation sites is 3. The number of ether oxygens (including phenoxy) is 1. The van der Waals surface area contributed by atoms with Gasteiger partial charge in [0, 0.05) is 26.2 Å². The third-order valence-corrected chi connectivity index (χ3v) is 7.14. The van der Waals surface area contributed by atoms with Crippen molar-refractivity contribution in [3.05, 3.63) is 89.0 Å². The summed E-state index contributed by atoms with van der Waals surface area (Å²) >= 11 is 1.21. The second kappa shape index (κ2) is 10.4. The van der Waals surface area contributed by atoms with Crippen molar-refractivity contribution in [1.29, 1.82) is 0 Å². The minimum atomic E-state index is -0.391. The molecule has 0 N–H and O–H groups in total. The summed E-state index contributed by atoms with van der Waals surface area (Å²) in [6.07, 6.45) is 0. The van der Waals surface area contributed by atoms with Crippen LogP contribution < -0.4 is 15.2 Å². The molecule has 184 valence electrons. The van der Waals surface area contributed by atoms with Crippen LogP contribution in [0, 0.1) is 5.82 Å². The molecule has 4 aromatic rings. The molecule has 0 aliphatic carbocycles. The molecule has 3 aromatic carbocycles. The number of carbonyl (C=O) groups excluding carboxylic acids is 1. The monoisotopic (exact) mass is 504 g/mol. The van der Waals surface area contributed by atoms with Crippen LogP contribution in [0.5, 0.6) is 5.75 Å². The van der Waals surface area contributed by atoms with E-state index in [1.807, 2.05) is 35.2 Å². The maximum atomic E-state index is 13.5. The topological polar surface area (TPSA) is 67.7 Å². The third kappa shape index (κ3) is 4.79. The van der Waals surface area contributed by atoms with Crippen LogP contribution in [0.15, 0.2) is 82.7 Å². The molecule has 0 atom stereocenters. The predicted molar refractivity (Wildman–Crippen MR) is 140 cm³/mol. The molecule has 0 bridgehead atoms. The van der Waals surface area contributed by atoms with E-state index in [0.717, 1.165) is 11.4 Å². The second-order valence-electron chi connectivity index (χ2n) is 8.36. The third-order valence-electron chi connectivity index (χ3n) is 6.21. The molecule has 0 unspecified atom stereocenters. The van der Waals surface area contributed by atoms with Gasteiger partial charge in [-0.25, -0.2) is 9.37 Å². The van der Waals surface area contributed by atoms with Crippen molar-refractivity contribution in [2.75, 3.05) is 43.9 Å². The molecular weight excluding hydrogens is 479 g/mol. The lowest BCUT2D eigenvalue weighted by Crippen LogP contribution is -2.49. The number of rotatable bonds is 6. The molecule has 7 nitrogen and oxygen atoms in total. The van der Waals surface area contributed by atoms with Gasteiger partial charge >= 0.3 is 0 Å². The van der Waals surface area contributed by atoms with E-state index in [9.17, 15) is 14.0 Å². The van der Waals surface area contributed by atoms with E-state index in [0.29, 0.717) is 47.9 Å². The van der Waals surface area contributed by atoms with Crippen LogP contribution in [0.3, 0.4) is 0 Å². The first-order valence-corrected chi connectivity index (χ1v) is 12.6. The molecule has 0 spiro atoms. The standard InChI is InChI=1S/C27H25FN4O3S/c1-35-24-9-5-4-8-23(24)30-14-16-31(17-15-30)25(33)18-36-27-29-22-7-3-2-6-21(22)26(34)32(27)20-12-10-19(28)11-13-20/h2-13H,14-18H2,1H3. The maximum Gasteiger partial charge on any atom is 0.266 e. The van der Waals surface area contributed by atoms with Crippen molar-refractivity contribution in [2.45, 2.75) is 5.16 Å². The van der Waals surface area contributed by atoms with Crippen LogP contribution >= 0.6 is 11.8 Å². The number of thioether (sulfide) groups is 1. The average molecular weight is 505 g/mol. The number of halogens is 1. The van der Waals surface area contributed by atoms with Gasteiger partial charge in [0.2, 0.25) is 5.91 Å². The Morgan fingerprint density at radius 3 is 2.42 bits per heavy atom. The Kier molecular flexibility index (Phi) is 6.90. The SMILES string of the molecule is COc1ccccc1N1CCN(C(=O)CSc2nc3ccccc3c(=O)n2-c2ccc(F)cc2)CC1. The second-order valence-corrected chi connectivity index (χ2v) is 9.30. The average Bonchev–Trinajstić information content (AvgIpc) is 2.92. The summed E-state index contributed by atoms with van der Waals surface area (Å²) in [5.41, 5.74) is 1.82. The molecule has 0 radical (unpaired) electrons. The van der Waals surface area contributed by atoms with Crippen molar-refractivity contribution in [3.63, 3.8) is 0 Å². The van der Waals surface area contributed by atoms with Crippen molar-refractivity contribution in [1.82, 2.24) is 14.5 Å². The predicted octanol–water partition coefficient (Wildman–Crippen LogP) is 3.97. The van der Waals surface area contributed by atoms with Crippen molar-refractivity contribution >= 4 is 34.3 Å². The lowest BCUT2D eigenvalue weighted by atomic mass is 10.2. The van der Waals surface area contributed by atoms with Crippen molar-refractivity contribution in [3.8, 4) is 11.4 Å². The fourth-order valence-electron chi connectivity index (χ4n) is 4.33. The highest BCUT2D eigenvalue weighted by Crippen LogP contribution is 2.29. The summed E-state index contributed by atoms with van der Waals surface area (Å²) < 4.78 is 20.4. The number of aromatic nitrogens is 2. The molecular formula is C27H25FN4O3S. The van der Waals surface area contributed by atoms with Gasteiger partial charge < -0.3 is 14.5 Å². The van der Waals surface area contributed by atoms with E-state index in [-0.39, 0.29) is 17.2 Å². The quantitative estimate of drug-likeness (QED) is 0.292. The van der Waals surface area contributed by atoms with Gasteiger partial charge in [-0.3, -0.25) is 14.2 Å². The number of amides is 1. The van der Waals surface area contributed by atoms with Gasteiger partial charge in [0.1, 0.15) is 11.6 Å². The van der Waals surface area contributed by atoms with Gasteiger partial charge in [-0.05, 0) is 48.5 Å². The lowest BCUT2D eigenvalue weighted by molar-refractivity contribution is -0.128. The molecule has 36 heavy (non-hydrogen) atoms. The Morgan fingerprint density at radius 1 is 0.972 bits per heavy atom. The molecule has 2 heterocycles. The van der Waals surface area contributed by atoms with E-state index in [1.165, 1.54) is 40.6 Å². The fraction of sp³-hybridized carbons (Fsp3) is 0.222. The van der Waals surface area contributed by atoms with Crippen LogP contribution in [0.25, 0.3) is 16.6 Å². The first-order valence-electron chi connectivity index (χ1n) is 11.6. The van der Waals surface area contributed by atoms with E-state index < -0.39 is 5.82 Å². The Bertz CT molecular complexity index is 1450. The molecule has 1 amide bonds. The maximum absolute atomic E-state index is 13.5. The number of nitrogens with zero attached hydrogens (tertiary/aromatic N) is 4. The van der Waals surface area contributed by atoms with Crippen LogP contribution in [-0.2, 0) is 4.79 Å². The van der Waals surface area contributed by atoms with Crippen molar-refractivity contribution in [2.24, 2.45) is 0 Å². The van der Waals surface area contributed by atoms with Gasteiger partial charge in [0.25, 0.3) is 5.56 Å². The number of piperazine rings is 1. The number of benzene rings is 3. The summed E-state index contributed by atoms with van der Waals surface area (Å²) in [5.74, 6) is 0.541. The molecule has 1 aromatic heterocycles. The van der Waals surface area contributed by atoms with E-state index in [4.69, 9.17) is 4.74 Å². The first-order chi connectivity index (χ1) is 17.5. The molecule has 0 saturated carbocycles. The zero-order valence-corrected chi connectivity index (χ0v) is 20.6. The van der Waals surface area contributed by atoms with Gasteiger partial charge in [0.05, 0.1) is 35.1 Å². The summed E-state index contributed by atoms with van der Waals surface area (Å²) in [6, 6.07) is 20.6. The van der Waals surface area contributed by atoms with Crippen LogP contribution in [0.4, 0.5) is 10.1 Å². The highest BCUT2D eigenvalue weighted by molar-refractivity contribution is 7.99. The highest BCUT2D eigenvalue weighted by Gasteiger charge is 2.24. The van der Waals surface area contributed by atoms with E-state index in [1.54, 1.807) is 25.3 Å². The number of hydrogen-bond acceptors (Lipinski definition) is 6. The van der Waals surface area contributed by atoms with Crippen LogP contribution in [0.1, 0.15) is 0 Å². The normalized spacial score (nSPS) is 13.7. The zero-order valence-electron chi connectivity index (χ0n) is 19.8. The molecule has 5 rings (SSSR count). The smallest absolute Gasteiger partial charge is 0.266 e. The molecule has 1 aliphatic rings. The number of carbonyl (C=O) groups is 1. The van der Waals surface area contributed by atoms with Gasteiger partial charge in [-0.1, -0.05) is 36.0 Å². The minimum Gasteiger partial charge on any atom is -0.495 e. The van der Waals surface area contributed by atoms with Crippen LogP contribution in [-0.4, -0.2) is 59.4 Å². The minimum absolute atomic E-state index is 0.0206. The van der Waals surface area contributed by atoms with E-state index >= 15 is 0 Å². The highest BCUT2D eigenvalue weighted by atomic mass is 32.2. The summed E-state index contributed by atoms with van der Waals surface area (Å²) in [5, 5.41) is 0.858. The molecule has 1 aliphatic heterocycles. The van der Waals surface area contributed by atoms with Gasteiger partial charge in [-0.15, -0.1) is 0 Å². The van der Waals surface area contributed by atoms with Crippen LogP contribution in [0.2, 0.25) is 0 Å². The number of anilines is 1. The van der Waals surface area contributed by atoms with Crippen molar-refractivity contribution < 1.29 is 13.9 Å². The van der Waals surface area contributed by atoms with E-state index in [2.05, 4.69) is 9.88 Å². The zero-order chi connectivity index (χ0) is 25.1. The summed E-state index contributed by atoms with van der Waals surface area (Å²) in [4.78, 5) is 35.1. The summed E-state index contributed by atoms with van der Waals surface area (Å²) in [7, 11) is 1.65.